The van der Waals surface area contributed by atoms with E-state index in [1.807, 2.05) is 24.3 Å². The van der Waals surface area contributed by atoms with Crippen LogP contribution >= 0.6 is 23.2 Å². The number of carbonyl (C=O) groups excluding carboxylic acids is 1. The fraction of sp³-hybridized carbons (Fsp3) is 0. The molecule has 3 aromatic rings. The van der Waals surface area contributed by atoms with Gasteiger partial charge in [0.25, 0.3) is 0 Å². The van der Waals surface area contributed by atoms with E-state index in [2.05, 4.69) is 4.98 Å². The molecular formula is C15H10Cl2N2O. The molecule has 0 atom stereocenters. The molecule has 3 rings (SSSR count). The van der Waals surface area contributed by atoms with Crippen molar-refractivity contribution in [2.75, 3.05) is 5.73 Å². The maximum absolute atomic E-state index is 12.6. The third kappa shape index (κ3) is 2.05. The summed E-state index contributed by atoms with van der Waals surface area (Å²) < 4.78 is 0. The molecular weight excluding hydrogens is 295 g/mol. The van der Waals surface area contributed by atoms with E-state index in [1.54, 1.807) is 12.3 Å². The number of carbonyl (C=O) groups is 1. The van der Waals surface area contributed by atoms with Crippen molar-refractivity contribution in [3.8, 4) is 0 Å². The second kappa shape index (κ2) is 4.85. The average molecular weight is 305 g/mol. The van der Waals surface area contributed by atoms with Crippen LogP contribution in [-0.2, 0) is 0 Å². The standard InChI is InChI=1S/C15H10Cl2N2O/c16-11-5-8(6-12(18)14(11)17)15(20)10-7-19-13-4-2-1-3-9(10)13/h1-7,19H,18H2. The van der Waals surface area contributed by atoms with Crippen molar-refractivity contribution in [3.63, 3.8) is 0 Å². The van der Waals surface area contributed by atoms with Gasteiger partial charge in [-0.25, -0.2) is 0 Å². The van der Waals surface area contributed by atoms with E-state index in [4.69, 9.17) is 28.9 Å². The number of hydrogen-bond acceptors (Lipinski definition) is 2. The lowest BCUT2D eigenvalue weighted by molar-refractivity contribution is 0.104. The van der Waals surface area contributed by atoms with Gasteiger partial charge in [0.1, 0.15) is 0 Å². The smallest absolute Gasteiger partial charge is 0.195 e. The first kappa shape index (κ1) is 13.0. The Morgan fingerprint density at radius 1 is 1.15 bits per heavy atom. The molecule has 0 amide bonds. The van der Waals surface area contributed by atoms with Crippen LogP contribution < -0.4 is 5.73 Å². The van der Waals surface area contributed by atoms with Gasteiger partial charge in [-0.3, -0.25) is 4.79 Å². The lowest BCUT2D eigenvalue weighted by atomic mass is 10.0. The van der Waals surface area contributed by atoms with E-state index >= 15 is 0 Å². The Hall–Kier alpha value is -1.97. The molecule has 1 aromatic heterocycles. The van der Waals surface area contributed by atoms with Crippen LogP contribution in [0.2, 0.25) is 10.0 Å². The zero-order valence-corrected chi connectivity index (χ0v) is 11.8. The molecule has 2 aromatic carbocycles. The van der Waals surface area contributed by atoms with E-state index < -0.39 is 0 Å². The molecule has 0 fully saturated rings. The molecule has 0 unspecified atom stereocenters. The maximum atomic E-state index is 12.6. The van der Waals surface area contributed by atoms with Crippen molar-refractivity contribution in [1.82, 2.24) is 4.98 Å². The maximum Gasteiger partial charge on any atom is 0.195 e. The molecule has 0 saturated carbocycles. The molecule has 0 spiro atoms. The summed E-state index contributed by atoms with van der Waals surface area (Å²) in [5.41, 5.74) is 7.95. The number of para-hydroxylation sites is 1. The Labute approximate surface area is 125 Å². The van der Waals surface area contributed by atoms with Crippen LogP contribution in [0.3, 0.4) is 0 Å². The van der Waals surface area contributed by atoms with Crippen molar-refractivity contribution in [2.45, 2.75) is 0 Å². The van der Waals surface area contributed by atoms with E-state index in [-0.39, 0.29) is 15.8 Å². The fourth-order valence-electron chi connectivity index (χ4n) is 2.16. The molecule has 0 aliphatic carbocycles. The SMILES string of the molecule is Nc1cc(C(=O)c2c[nH]c3ccccc23)cc(Cl)c1Cl. The van der Waals surface area contributed by atoms with Crippen molar-refractivity contribution >= 4 is 45.6 Å². The summed E-state index contributed by atoms with van der Waals surface area (Å²) in [4.78, 5) is 15.6. The number of rotatable bonds is 2. The number of aromatic amines is 1. The Morgan fingerprint density at radius 3 is 2.65 bits per heavy atom. The number of fused-ring (bicyclic) bond motifs is 1. The number of halogens is 2. The lowest BCUT2D eigenvalue weighted by Crippen LogP contribution is -2.02. The number of ketones is 1. The highest BCUT2D eigenvalue weighted by molar-refractivity contribution is 6.44. The predicted molar refractivity (Wildman–Crippen MR) is 82.6 cm³/mol. The third-order valence-corrected chi connectivity index (χ3v) is 3.97. The quantitative estimate of drug-likeness (QED) is 0.548. The van der Waals surface area contributed by atoms with Crippen LogP contribution in [0.1, 0.15) is 15.9 Å². The van der Waals surface area contributed by atoms with Gasteiger partial charge in [0.05, 0.1) is 15.7 Å². The van der Waals surface area contributed by atoms with Crippen molar-refractivity contribution in [3.05, 3.63) is 63.8 Å². The highest BCUT2D eigenvalue weighted by atomic mass is 35.5. The Bertz CT molecular complexity index is 801. The van der Waals surface area contributed by atoms with Crippen molar-refractivity contribution in [1.29, 1.82) is 0 Å². The number of nitrogens with one attached hydrogen (secondary N) is 1. The molecule has 20 heavy (non-hydrogen) atoms. The molecule has 0 aliphatic heterocycles. The molecule has 0 radical (unpaired) electrons. The molecule has 100 valence electrons. The van der Waals surface area contributed by atoms with Gasteiger partial charge in [-0.1, -0.05) is 41.4 Å². The molecule has 5 heteroatoms. The minimum atomic E-state index is -0.146. The molecule has 1 heterocycles. The van der Waals surface area contributed by atoms with Crippen LogP contribution in [0, 0.1) is 0 Å². The topological polar surface area (TPSA) is 58.9 Å². The summed E-state index contributed by atoms with van der Waals surface area (Å²) in [7, 11) is 0. The van der Waals surface area contributed by atoms with E-state index in [1.165, 1.54) is 6.07 Å². The second-order valence-electron chi connectivity index (χ2n) is 4.44. The highest BCUT2D eigenvalue weighted by Gasteiger charge is 2.16. The minimum Gasteiger partial charge on any atom is -0.397 e. The van der Waals surface area contributed by atoms with Crippen molar-refractivity contribution in [2.24, 2.45) is 0 Å². The van der Waals surface area contributed by atoms with E-state index in [0.29, 0.717) is 16.8 Å². The first-order valence-corrected chi connectivity index (χ1v) is 6.69. The van der Waals surface area contributed by atoms with Crippen molar-refractivity contribution < 1.29 is 4.79 Å². The summed E-state index contributed by atoms with van der Waals surface area (Å²) in [6.07, 6.45) is 1.69. The zero-order valence-electron chi connectivity index (χ0n) is 10.3. The van der Waals surface area contributed by atoms with Gasteiger partial charge in [-0.2, -0.15) is 0 Å². The zero-order chi connectivity index (χ0) is 14.3. The third-order valence-electron chi connectivity index (χ3n) is 3.15. The van der Waals surface area contributed by atoms with Crippen LogP contribution in [0.15, 0.2) is 42.6 Å². The molecule has 3 nitrogen and oxygen atoms in total. The molecule has 0 aliphatic rings. The Balaban J connectivity index is 2.13. The van der Waals surface area contributed by atoms with Crippen LogP contribution in [0.5, 0.6) is 0 Å². The summed E-state index contributed by atoms with van der Waals surface area (Å²) in [6, 6.07) is 10.7. The number of anilines is 1. The van der Waals surface area contributed by atoms with E-state index in [9.17, 15) is 4.79 Å². The lowest BCUT2D eigenvalue weighted by Gasteiger charge is -2.05. The normalized spacial score (nSPS) is 10.9. The number of aromatic nitrogens is 1. The van der Waals surface area contributed by atoms with E-state index in [0.717, 1.165) is 10.9 Å². The number of nitrogen functional groups attached to an aromatic ring is 1. The molecule has 0 bridgehead atoms. The number of H-pyrrole nitrogens is 1. The van der Waals surface area contributed by atoms with Gasteiger partial charge in [0, 0.05) is 28.2 Å². The summed E-state index contributed by atoms with van der Waals surface area (Å²) in [6.45, 7) is 0. The van der Waals surface area contributed by atoms with Crippen LogP contribution in [0.4, 0.5) is 5.69 Å². The highest BCUT2D eigenvalue weighted by Crippen LogP contribution is 2.31. The number of hydrogen-bond donors (Lipinski definition) is 2. The van der Waals surface area contributed by atoms with Crippen LogP contribution in [0.25, 0.3) is 10.9 Å². The van der Waals surface area contributed by atoms with Gasteiger partial charge in [-0.15, -0.1) is 0 Å². The van der Waals surface area contributed by atoms with Crippen LogP contribution in [-0.4, -0.2) is 10.8 Å². The first-order valence-electron chi connectivity index (χ1n) is 5.93. The fourth-order valence-corrected chi connectivity index (χ4v) is 2.49. The molecule has 3 N–H and O–H groups in total. The summed E-state index contributed by atoms with van der Waals surface area (Å²) >= 11 is 11.9. The largest absolute Gasteiger partial charge is 0.397 e. The first-order chi connectivity index (χ1) is 9.58. The second-order valence-corrected chi connectivity index (χ2v) is 5.22. The number of nitrogens with two attached hydrogens (primary N) is 1. The Morgan fingerprint density at radius 2 is 1.90 bits per heavy atom. The molecule has 0 saturated heterocycles. The monoisotopic (exact) mass is 304 g/mol. The van der Waals surface area contributed by atoms with Gasteiger partial charge < -0.3 is 10.7 Å². The van der Waals surface area contributed by atoms with Gasteiger partial charge in [-0.05, 0) is 18.2 Å². The Kier molecular flexibility index (Phi) is 3.16. The van der Waals surface area contributed by atoms with Gasteiger partial charge >= 0.3 is 0 Å². The minimum absolute atomic E-state index is 0.146. The number of benzene rings is 2. The summed E-state index contributed by atoms with van der Waals surface area (Å²) in [5.74, 6) is -0.146. The van der Waals surface area contributed by atoms with Gasteiger partial charge in [0.15, 0.2) is 5.78 Å². The summed E-state index contributed by atoms with van der Waals surface area (Å²) in [5, 5.41) is 1.40. The predicted octanol–water partition coefficient (Wildman–Crippen LogP) is 4.29. The average Bonchev–Trinajstić information content (AvgIpc) is 2.87. The van der Waals surface area contributed by atoms with Gasteiger partial charge in [0.2, 0.25) is 0 Å².